The summed E-state index contributed by atoms with van der Waals surface area (Å²) in [4.78, 5) is 12.3. The second-order valence-corrected chi connectivity index (χ2v) is 4.80. The largest absolute Gasteiger partial charge is 0.491 e. The van der Waals surface area contributed by atoms with Crippen LogP contribution in [0.4, 0.5) is 0 Å². The Balaban J connectivity index is 2.00. The summed E-state index contributed by atoms with van der Waals surface area (Å²) in [6.07, 6.45) is 0.997. The molecule has 0 N–H and O–H groups in total. The predicted octanol–water partition coefficient (Wildman–Crippen LogP) is 3.72. The van der Waals surface area contributed by atoms with E-state index in [1.165, 1.54) is 0 Å². The summed E-state index contributed by atoms with van der Waals surface area (Å²) in [5, 5.41) is 0. The summed E-state index contributed by atoms with van der Waals surface area (Å²) in [5.41, 5.74) is 1.35. The first kappa shape index (κ1) is 15.3. The zero-order chi connectivity index (χ0) is 15.1. The molecule has 0 saturated heterocycles. The molecule has 0 radical (unpaired) electrons. The molecule has 0 heterocycles. The first-order valence-electron chi connectivity index (χ1n) is 7.10. The minimum Gasteiger partial charge on any atom is -0.491 e. The Hall–Kier alpha value is -2.13. The van der Waals surface area contributed by atoms with Crippen LogP contribution < -0.4 is 4.74 Å². The fourth-order valence-electron chi connectivity index (χ4n) is 2.00. The lowest BCUT2D eigenvalue weighted by Gasteiger charge is -2.14. The third kappa shape index (κ3) is 4.17. The van der Waals surface area contributed by atoms with Crippen molar-refractivity contribution in [2.75, 3.05) is 13.7 Å². The Kier molecular flexibility index (Phi) is 5.52. The summed E-state index contributed by atoms with van der Waals surface area (Å²) >= 11 is 0. The van der Waals surface area contributed by atoms with E-state index in [0.717, 1.165) is 12.2 Å². The summed E-state index contributed by atoms with van der Waals surface area (Å²) < 4.78 is 10.9. The predicted molar refractivity (Wildman–Crippen MR) is 82.9 cm³/mol. The van der Waals surface area contributed by atoms with Crippen molar-refractivity contribution in [1.29, 1.82) is 0 Å². The standard InChI is InChI=1S/C18H20O3/c1-3-16(20-2)13-21-17-11-9-15(10-12-17)18(19)14-7-5-4-6-8-14/h4-12,16H,3,13H2,1-2H3. The van der Waals surface area contributed by atoms with Crippen LogP contribution in [-0.2, 0) is 4.74 Å². The van der Waals surface area contributed by atoms with Crippen molar-refractivity contribution in [3.8, 4) is 5.75 Å². The van der Waals surface area contributed by atoms with Crippen molar-refractivity contribution >= 4 is 5.78 Å². The zero-order valence-electron chi connectivity index (χ0n) is 12.4. The molecule has 2 aromatic rings. The summed E-state index contributed by atoms with van der Waals surface area (Å²) in [6.45, 7) is 2.57. The van der Waals surface area contributed by atoms with Gasteiger partial charge in [-0.05, 0) is 30.7 Å². The number of rotatable bonds is 7. The minimum atomic E-state index is 0.0190. The molecule has 0 spiro atoms. The highest BCUT2D eigenvalue weighted by Gasteiger charge is 2.09. The van der Waals surface area contributed by atoms with Crippen LogP contribution in [0.15, 0.2) is 54.6 Å². The maximum absolute atomic E-state index is 12.3. The van der Waals surface area contributed by atoms with Crippen LogP contribution in [-0.4, -0.2) is 25.6 Å². The van der Waals surface area contributed by atoms with Crippen molar-refractivity contribution in [3.05, 3.63) is 65.7 Å². The number of benzene rings is 2. The zero-order valence-corrected chi connectivity index (χ0v) is 12.4. The number of methoxy groups -OCH3 is 1. The Bertz CT molecular complexity index is 557. The molecule has 0 aliphatic carbocycles. The molecular weight excluding hydrogens is 264 g/mol. The molecule has 110 valence electrons. The van der Waals surface area contributed by atoms with Gasteiger partial charge in [0.2, 0.25) is 0 Å². The van der Waals surface area contributed by atoms with E-state index in [-0.39, 0.29) is 11.9 Å². The van der Waals surface area contributed by atoms with E-state index in [1.807, 2.05) is 42.5 Å². The van der Waals surface area contributed by atoms with Crippen molar-refractivity contribution in [2.45, 2.75) is 19.4 Å². The monoisotopic (exact) mass is 284 g/mol. The van der Waals surface area contributed by atoms with E-state index in [0.29, 0.717) is 17.7 Å². The van der Waals surface area contributed by atoms with Crippen molar-refractivity contribution < 1.29 is 14.3 Å². The number of carbonyl (C=O) groups excluding carboxylic acids is 1. The smallest absolute Gasteiger partial charge is 0.193 e. The van der Waals surface area contributed by atoms with E-state index in [4.69, 9.17) is 9.47 Å². The molecule has 1 atom stereocenters. The maximum Gasteiger partial charge on any atom is 0.193 e. The fourth-order valence-corrected chi connectivity index (χ4v) is 2.00. The first-order valence-corrected chi connectivity index (χ1v) is 7.10. The number of ether oxygens (including phenoxy) is 2. The fraction of sp³-hybridized carbons (Fsp3) is 0.278. The van der Waals surface area contributed by atoms with E-state index < -0.39 is 0 Å². The Morgan fingerprint density at radius 3 is 2.19 bits per heavy atom. The van der Waals surface area contributed by atoms with Gasteiger partial charge in [-0.2, -0.15) is 0 Å². The summed E-state index contributed by atoms with van der Waals surface area (Å²) in [5.74, 6) is 0.764. The van der Waals surface area contributed by atoms with Crippen molar-refractivity contribution in [2.24, 2.45) is 0 Å². The van der Waals surface area contributed by atoms with Gasteiger partial charge >= 0.3 is 0 Å². The normalized spacial score (nSPS) is 11.9. The molecule has 2 aromatic carbocycles. The molecule has 1 unspecified atom stereocenters. The molecule has 3 nitrogen and oxygen atoms in total. The van der Waals surface area contributed by atoms with Crippen molar-refractivity contribution in [3.63, 3.8) is 0 Å². The number of hydrogen-bond acceptors (Lipinski definition) is 3. The first-order chi connectivity index (χ1) is 10.2. The van der Waals surface area contributed by atoms with E-state index >= 15 is 0 Å². The van der Waals surface area contributed by atoms with Crippen LogP contribution in [0.25, 0.3) is 0 Å². The van der Waals surface area contributed by atoms with Gasteiger partial charge in [-0.15, -0.1) is 0 Å². The van der Waals surface area contributed by atoms with Gasteiger partial charge < -0.3 is 9.47 Å². The van der Waals surface area contributed by atoms with E-state index in [1.54, 1.807) is 19.2 Å². The van der Waals surface area contributed by atoms with Crippen LogP contribution in [0, 0.1) is 0 Å². The second kappa shape index (κ2) is 7.60. The molecule has 2 rings (SSSR count). The van der Waals surface area contributed by atoms with Crippen LogP contribution in [0.3, 0.4) is 0 Å². The lowest BCUT2D eigenvalue weighted by Crippen LogP contribution is -2.19. The van der Waals surface area contributed by atoms with Gasteiger partial charge in [-0.25, -0.2) is 0 Å². The van der Waals surface area contributed by atoms with Gasteiger partial charge in [-0.3, -0.25) is 4.79 Å². The molecule has 0 aliphatic rings. The third-order valence-corrected chi connectivity index (χ3v) is 3.38. The van der Waals surface area contributed by atoms with Crippen LogP contribution in [0.1, 0.15) is 29.3 Å². The summed E-state index contributed by atoms with van der Waals surface area (Å²) in [7, 11) is 1.68. The quantitative estimate of drug-likeness (QED) is 0.727. The molecule has 0 amide bonds. The topological polar surface area (TPSA) is 35.5 Å². The number of ketones is 1. The minimum absolute atomic E-state index is 0.0190. The highest BCUT2D eigenvalue weighted by atomic mass is 16.5. The Morgan fingerprint density at radius 2 is 1.62 bits per heavy atom. The third-order valence-electron chi connectivity index (χ3n) is 3.38. The Morgan fingerprint density at radius 1 is 1.00 bits per heavy atom. The SMILES string of the molecule is CCC(COc1ccc(C(=O)c2ccccc2)cc1)OC. The molecule has 0 aliphatic heterocycles. The van der Waals surface area contributed by atoms with Gasteiger partial charge in [0.05, 0.1) is 6.10 Å². The van der Waals surface area contributed by atoms with Gasteiger partial charge in [0.25, 0.3) is 0 Å². The van der Waals surface area contributed by atoms with E-state index in [9.17, 15) is 4.79 Å². The summed E-state index contributed by atoms with van der Waals surface area (Å²) in [6, 6.07) is 16.5. The average molecular weight is 284 g/mol. The van der Waals surface area contributed by atoms with Crippen molar-refractivity contribution in [1.82, 2.24) is 0 Å². The number of hydrogen-bond donors (Lipinski definition) is 0. The van der Waals surface area contributed by atoms with Gasteiger partial charge in [0, 0.05) is 18.2 Å². The average Bonchev–Trinajstić information content (AvgIpc) is 2.56. The maximum atomic E-state index is 12.3. The molecule has 0 saturated carbocycles. The molecule has 0 fully saturated rings. The number of carbonyl (C=O) groups is 1. The van der Waals surface area contributed by atoms with Gasteiger partial charge in [0.1, 0.15) is 12.4 Å². The molecule has 0 bridgehead atoms. The highest BCUT2D eigenvalue weighted by Crippen LogP contribution is 2.16. The van der Waals surface area contributed by atoms with Crippen LogP contribution >= 0.6 is 0 Å². The highest BCUT2D eigenvalue weighted by molar-refractivity contribution is 6.08. The van der Waals surface area contributed by atoms with Crippen LogP contribution in [0.5, 0.6) is 5.75 Å². The second-order valence-electron chi connectivity index (χ2n) is 4.80. The van der Waals surface area contributed by atoms with E-state index in [2.05, 4.69) is 6.92 Å². The lowest BCUT2D eigenvalue weighted by atomic mass is 10.0. The Labute approximate surface area is 125 Å². The molecule has 21 heavy (non-hydrogen) atoms. The van der Waals surface area contributed by atoms with Gasteiger partial charge in [-0.1, -0.05) is 37.3 Å². The molecule has 0 aromatic heterocycles. The molecule has 3 heteroatoms. The van der Waals surface area contributed by atoms with Gasteiger partial charge in [0.15, 0.2) is 5.78 Å². The lowest BCUT2D eigenvalue weighted by molar-refractivity contribution is 0.0556. The van der Waals surface area contributed by atoms with Crippen LogP contribution in [0.2, 0.25) is 0 Å². The molecular formula is C18H20O3.